The minimum absolute atomic E-state index is 0.195. The van der Waals surface area contributed by atoms with E-state index in [2.05, 4.69) is 0 Å². The summed E-state index contributed by atoms with van der Waals surface area (Å²) in [5.74, 6) is 1.14. The van der Waals surface area contributed by atoms with Gasteiger partial charge in [0.1, 0.15) is 24.4 Å². The molecule has 2 aromatic carbocycles. The van der Waals surface area contributed by atoms with Gasteiger partial charge in [-0.3, -0.25) is 4.79 Å². The van der Waals surface area contributed by atoms with E-state index < -0.39 is 10.0 Å². The Bertz CT molecular complexity index is 889. The fraction of sp³-hybridized carbons (Fsp3) is 0.316. The SMILES string of the molecule is COc1ccc(C=O)cc1COc1ccc(S(=O)(=O)N2CCOCC2)cc1. The molecule has 3 rings (SSSR count). The molecule has 8 heteroatoms. The molecule has 0 atom stereocenters. The maximum absolute atomic E-state index is 12.6. The molecule has 1 heterocycles. The zero-order chi connectivity index (χ0) is 19.3. The minimum atomic E-state index is -3.53. The number of methoxy groups -OCH3 is 1. The Morgan fingerprint density at radius 3 is 2.44 bits per heavy atom. The second kappa shape index (κ2) is 8.51. The third kappa shape index (κ3) is 4.47. The average Bonchev–Trinajstić information content (AvgIpc) is 2.73. The minimum Gasteiger partial charge on any atom is -0.496 e. The van der Waals surface area contributed by atoms with Gasteiger partial charge in [-0.2, -0.15) is 4.31 Å². The summed E-state index contributed by atoms with van der Waals surface area (Å²) in [5, 5.41) is 0. The summed E-state index contributed by atoms with van der Waals surface area (Å²) in [4.78, 5) is 11.2. The van der Waals surface area contributed by atoms with Crippen molar-refractivity contribution in [2.24, 2.45) is 0 Å². The van der Waals surface area contributed by atoms with E-state index in [1.54, 1.807) is 37.4 Å². The van der Waals surface area contributed by atoms with E-state index in [0.717, 1.165) is 11.8 Å². The molecule has 144 valence electrons. The van der Waals surface area contributed by atoms with Crippen molar-refractivity contribution in [2.75, 3.05) is 33.4 Å². The number of hydrogen-bond donors (Lipinski definition) is 0. The highest BCUT2D eigenvalue weighted by Gasteiger charge is 2.26. The Labute approximate surface area is 158 Å². The lowest BCUT2D eigenvalue weighted by molar-refractivity contribution is 0.0730. The lowest BCUT2D eigenvalue weighted by atomic mass is 10.1. The molecule has 0 bridgehead atoms. The predicted octanol–water partition coefficient (Wildman–Crippen LogP) is 2.11. The molecule has 27 heavy (non-hydrogen) atoms. The van der Waals surface area contributed by atoms with Gasteiger partial charge in [0.15, 0.2) is 0 Å². The maximum atomic E-state index is 12.6. The van der Waals surface area contributed by atoms with Gasteiger partial charge in [0.25, 0.3) is 0 Å². The molecule has 0 amide bonds. The van der Waals surface area contributed by atoms with Crippen LogP contribution in [0.3, 0.4) is 0 Å². The molecule has 0 N–H and O–H groups in total. The third-order valence-electron chi connectivity index (χ3n) is 4.27. The largest absolute Gasteiger partial charge is 0.496 e. The van der Waals surface area contributed by atoms with Gasteiger partial charge in [-0.25, -0.2) is 8.42 Å². The van der Waals surface area contributed by atoms with Crippen LogP contribution < -0.4 is 9.47 Å². The molecule has 1 fully saturated rings. The lowest BCUT2D eigenvalue weighted by Gasteiger charge is -2.26. The van der Waals surface area contributed by atoms with Gasteiger partial charge in [-0.15, -0.1) is 0 Å². The van der Waals surface area contributed by atoms with Crippen molar-refractivity contribution < 1.29 is 27.4 Å². The smallest absolute Gasteiger partial charge is 0.243 e. The van der Waals surface area contributed by atoms with Crippen molar-refractivity contribution in [2.45, 2.75) is 11.5 Å². The van der Waals surface area contributed by atoms with Gasteiger partial charge < -0.3 is 14.2 Å². The Morgan fingerprint density at radius 1 is 1.11 bits per heavy atom. The molecule has 7 nitrogen and oxygen atoms in total. The summed E-state index contributed by atoms with van der Waals surface area (Å²) in [7, 11) is -1.98. The Balaban J connectivity index is 1.70. The first kappa shape index (κ1) is 19.3. The Kier molecular flexibility index (Phi) is 6.10. The molecule has 0 aliphatic carbocycles. The Morgan fingerprint density at radius 2 is 1.81 bits per heavy atom. The van der Waals surface area contributed by atoms with E-state index >= 15 is 0 Å². The summed E-state index contributed by atoms with van der Waals surface area (Å²) < 4.78 is 42.8. The first-order valence-electron chi connectivity index (χ1n) is 8.47. The molecular formula is C19H21NO6S. The first-order valence-corrected chi connectivity index (χ1v) is 9.91. The van der Waals surface area contributed by atoms with Gasteiger partial charge in [0.05, 0.1) is 25.2 Å². The summed E-state index contributed by atoms with van der Waals surface area (Å²) in [6, 6.07) is 11.4. The van der Waals surface area contributed by atoms with E-state index in [4.69, 9.17) is 14.2 Å². The summed E-state index contributed by atoms with van der Waals surface area (Å²) in [5.41, 5.74) is 1.26. The quantitative estimate of drug-likeness (QED) is 0.673. The molecular weight excluding hydrogens is 370 g/mol. The maximum Gasteiger partial charge on any atom is 0.243 e. The second-order valence-corrected chi connectivity index (χ2v) is 7.90. The normalized spacial score (nSPS) is 15.3. The van der Waals surface area contributed by atoms with E-state index in [1.807, 2.05) is 0 Å². The van der Waals surface area contributed by atoms with E-state index in [-0.39, 0.29) is 11.5 Å². The number of sulfonamides is 1. The standard InChI is InChI=1S/C19H21NO6S/c1-24-19-7-2-15(13-21)12-16(19)14-26-17-3-5-18(6-4-17)27(22,23)20-8-10-25-11-9-20/h2-7,12-13H,8-11,14H2,1H3. The third-order valence-corrected chi connectivity index (χ3v) is 6.18. The Hall–Kier alpha value is -2.42. The van der Waals surface area contributed by atoms with Crippen LogP contribution in [0.2, 0.25) is 0 Å². The summed E-state index contributed by atoms with van der Waals surface area (Å²) >= 11 is 0. The van der Waals surface area contributed by atoms with Gasteiger partial charge in [-0.1, -0.05) is 0 Å². The van der Waals surface area contributed by atoms with Crippen LogP contribution in [0.15, 0.2) is 47.4 Å². The molecule has 0 saturated carbocycles. The summed E-state index contributed by atoms with van der Waals surface area (Å²) in [6.45, 7) is 1.71. The topological polar surface area (TPSA) is 82.1 Å². The number of carbonyl (C=O) groups excluding carboxylic acids is 1. The number of aldehydes is 1. The van der Waals surface area contributed by atoms with Crippen LogP contribution in [0.25, 0.3) is 0 Å². The van der Waals surface area contributed by atoms with Crippen molar-refractivity contribution in [3.8, 4) is 11.5 Å². The fourth-order valence-electron chi connectivity index (χ4n) is 2.79. The van der Waals surface area contributed by atoms with Crippen LogP contribution in [0.5, 0.6) is 11.5 Å². The highest BCUT2D eigenvalue weighted by molar-refractivity contribution is 7.89. The number of ether oxygens (including phenoxy) is 3. The number of morpholine rings is 1. The van der Waals surface area contributed by atoms with Crippen molar-refractivity contribution in [1.82, 2.24) is 4.31 Å². The van der Waals surface area contributed by atoms with Crippen LogP contribution in [0.4, 0.5) is 0 Å². The predicted molar refractivity (Wildman–Crippen MR) is 98.7 cm³/mol. The number of hydrogen-bond acceptors (Lipinski definition) is 6. The van der Waals surface area contributed by atoms with E-state index in [1.165, 1.54) is 16.4 Å². The molecule has 0 aromatic heterocycles. The number of benzene rings is 2. The zero-order valence-electron chi connectivity index (χ0n) is 15.0. The van der Waals surface area contributed by atoms with Crippen LogP contribution in [-0.4, -0.2) is 52.4 Å². The van der Waals surface area contributed by atoms with Gasteiger partial charge in [0, 0.05) is 24.2 Å². The molecule has 1 saturated heterocycles. The van der Waals surface area contributed by atoms with Gasteiger partial charge >= 0.3 is 0 Å². The molecule has 1 aliphatic rings. The van der Waals surface area contributed by atoms with Crippen LogP contribution >= 0.6 is 0 Å². The number of nitrogens with zero attached hydrogens (tertiary/aromatic N) is 1. The lowest BCUT2D eigenvalue weighted by Crippen LogP contribution is -2.40. The molecule has 0 spiro atoms. The van der Waals surface area contributed by atoms with Crippen LogP contribution in [0, 0.1) is 0 Å². The highest BCUT2D eigenvalue weighted by atomic mass is 32.2. The van der Waals surface area contributed by atoms with Crippen LogP contribution in [0.1, 0.15) is 15.9 Å². The van der Waals surface area contributed by atoms with Crippen molar-refractivity contribution in [3.05, 3.63) is 53.6 Å². The molecule has 2 aromatic rings. The second-order valence-electron chi connectivity index (χ2n) is 5.97. The van der Waals surface area contributed by atoms with Gasteiger partial charge in [-0.05, 0) is 42.5 Å². The zero-order valence-corrected chi connectivity index (χ0v) is 15.8. The molecule has 0 unspecified atom stereocenters. The van der Waals surface area contributed by atoms with E-state index in [9.17, 15) is 13.2 Å². The monoisotopic (exact) mass is 391 g/mol. The number of carbonyl (C=O) groups is 1. The first-order chi connectivity index (χ1) is 13.0. The number of rotatable bonds is 7. The fourth-order valence-corrected chi connectivity index (χ4v) is 4.20. The highest BCUT2D eigenvalue weighted by Crippen LogP contribution is 2.24. The van der Waals surface area contributed by atoms with Crippen molar-refractivity contribution in [1.29, 1.82) is 0 Å². The van der Waals surface area contributed by atoms with Crippen molar-refractivity contribution >= 4 is 16.3 Å². The van der Waals surface area contributed by atoms with Crippen molar-refractivity contribution in [3.63, 3.8) is 0 Å². The van der Waals surface area contributed by atoms with Crippen LogP contribution in [-0.2, 0) is 21.4 Å². The molecule has 0 radical (unpaired) electrons. The van der Waals surface area contributed by atoms with Gasteiger partial charge in [0.2, 0.25) is 10.0 Å². The average molecular weight is 391 g/mol. The summed E-state index contributed by atoms with van der Waals surface area (Å²) in [6.07, 6.45) is 0.758. The van der Waals surface area contributed by atoms with E-state index in [0.29, 0.717) is 43.4 Å². The molecule has 1 aliphatic heterocycles.